The van der Waals surface area contributed by atoms with Crippen molar-refractivity contribution >= 4 is 12.4 Å². The van der Waals surface area contributed by atoms with E-state index in [1.165, 1.54) is 18.4 Å². The molecule has 1 saturated carbocycles. The van der Waals surface area contributed by atoms with Crippen molar-refractivity contribution in [1.82, 2.24) is 10.3 Å². The van der Waals surface area contributed by atoms with Crippen LogP contribution in [0.1, 0.15) is 31.0 Å². The van der Waals surface area contributed by atoms with E-state index in [2.05, 4.69) is 30.2 Å². The highest BCUT2D eigenvalue weighted by Crippen LogP contribution is 2.36. The van der Waals surface area contributed by atoms with Crippen LogP contribution in [0.2, 0.25) is 0 Å². The lowest BCUT2D eigenvalue weighted by Crippen LogP contribution is -2.22. The smallest absolute Gasteiger partial charge is 0.0417 e. The molecule has 0 radical (unpaired) electrons. The number of halogens is 1. The third-order valence-corrected chi connectivity index (χ3v) is 3.32. The van der Waals surface area contributed by atoms with Gasteiger partial charge in [0.2, 0.25) is 0 Å². The summed E-state index contributed by atoms with van der Waals surface area (Å²) in [6, 6.07) is 4.16. The van der Waals surface area contributed by atoms with Crippen LogP contribution in [-0.2, 0) is 6.54 Å². The fourth-order valence-corrected chi connectivity index (χ4v) is 1.97. The van der Waals surface area contributed by atoms with Gasteiger partial charge in [-0.1, -0.05) is 13.0 Å². The van der Waals surface area contributed by atoms with Crippen molar-refractivity contribution in [2.45, 2.75) is 33.2 Å². The van der Waals surface area contributed by atoms with Gasteiger partial charge in [-0.3, -0.25) is 4.98 Å². The van der Waals surface area contributed by atoms with Gasteiger partial charge in [-0.05, 0) is 49.8 Å². The maximum atomic E-state index is 4.28. The number of aryl methyl sites for hydroxylation is 1. The molecule has 0 aliphatic heterocycles. The molecule has 1 aromatic heterocycles. The lowest BCUT2D eigenvalue weighted by Gasteiger charge is -2.12. The minimum absolute atomic E-state index is 0. The van der Waals surface area contributed by atoms with Crippen LogP contribution in [0.15, 0.2) is 18.3 Å². The number of aromatic nitrogens is 1. The number of rotatable bonds is 5. The lowest BCUT2D eigenvalue weighted by atomic mass is 10.1. The quantitative estimate of drug-likeness (QED) is 0.856. The molecular formula is C13H21ClN2. The van der Waals surface area contributed by atoms with Crippen molar-refractivity contribution in [1.29, 1.82) is 0 Å². The fraction of sp³-hybridized carbons (Fsp3) is 0.615. The molecule has 0 amide bonds. The second kappa shape index (κ2) is 6.21. The van der Waals surface area contributed by atoms with Gasteiger partial charge in [0.05, 0.1) is 0 Å². The first-order chi connectivity index (χ1) is 7.27. The summed E-state index contributed by atoms with van der Waals surface area (Å²) >= 11 is 0. The van der Waals surface area contributed by atoms with Crippen molar-refractivity contribution in [3.05, 3.63) is 29.6 Å². The summed E-state index contributed by atoms with van der Waals surface area (Å²) in [5.41, 5.74) is 2.46. The van der Waals surface area contributed by atoms with E-state index in [1.54, 1.807) is 0 Å². The Morgan fingerprint density at radius 1 is 1.50 bits per heavy atom. The van der Waals surface area contributed by atoms with E-state index >= 15 is 0 Å². The summed E-state index contributed by atoms with van der Waals surface area (Å²) in [5, 5.41) is 3.52. The van der Waals surface area contributed by atoms with E-state index in [-0.39, 0.29) is 12.4 Å². The van der Waals surface area contributed by atoms with E-state index in [4.69, 9.17) is 0 Å². The maximum Gasteiger partial charge on any atom is 0.0417 e. The van der Waals surface area contributed by atoms with Crippen LogP contribution >= 0.6 is 12.4 Å². The van der Waals surface area contributed by atoms with Crippen LogP contribution in [-0.4, -0.2) is 11.5 Å². The number of nitrogens with one attached hydrogen (secondary N) is 1. The Kier molecular flexibility index (Phi) is 5.23. The predicted molar refractivity (Wildman–Crippen MR) is 69.8 cm³/mol. The zero-order valence-corrected chi connectivity index (χ0v) is 10.9. The molecule has 90 valence electrons. The molecule has 1 unspecified atom stereocenters. The third kappa shape index (κ3) is 3.76. The van der Waals surface area contributed by atoms with Crippen LogP contribution in [0.3, 0.4) is 0 Å². The Bertz CT molecular complexity index is 323. The monoisotopic (exact) mass is 240 g/mol. The van der Waals surface area contributed by atoms with Crippen molar-refractivity contribution in [3.63, 3.8) is 0 Å². The molecule has 1 aliphatic carbocycles. The topological polar surface area (TPSA) is 24.9 Å². The van der Waals surface area contributed by atoms with Crippen LogP contribution < -0.4 is 5.32 Å². The van der Waals surface area contributed by atoms with Crippen LogP contribution in [0.25, 0.3) is 0 Å². The largest absolute Gasteiger partial charge is 0.312 e. The zero-order chi connectivity index (χ0) is 10.7. The Balaban J connectivity index is 0.00000128. The van der Waals surface area contributed by atoms with Crippen molar-refractivity contribution < 1.29 is 0 Å². The Morgan fingerprint density at radius 2 is 2.25 bits per heavy atom. The fourth-order valence-electron chi connectivity index (χ4n) is 1.97. The molecule has 0 bridgehead atoms. The van der Waals surface area contributed by atoms with Crippen LogP contribution in [0.4, 0.5) is 0 Å². The molecule has 1 heterocycles. The minimum atomic E-state index is 0. The number of nitrogens with zero attached hydrogens (tertiary/aromatic N) is 1. The summed E-state index contributed by atoms with van der Waals surface area (Å²) < 4.78 is 0. The van der Waals surface area contributed by atoms with Crippen molar-refractivity contribution in [3.8, 4) is 0 Å². The van der Waals surface area contributed by atoms with Gasteiger partial charge in [0.25, 0.3) is 0 Å². The molecule has 1 atom stereocenters. The maximum absolute atomic E-state index is 4.28. The van der Waals surface area contributed by atoms with Gasteiger partial charge < -0.3 is 5.32 Å². The molecule has 2 nitrogen and oxygen atoms in total. The molecule has 16 heavy (non-hydrogen) atoms. The summed E-state index contributed by atoms with van der Waals surface area (Å²) in [4.78, 5) is 4.28. The standard InChI is InChI=1S/C13H20N2.ClH/c1-10(12-5-6-12)8-14-9-13-4-3-7-15-11(13)2;/h3-4,7,10,12,14H,5-6,8-9H2,1-2H3;1H. The summed E-state index contributed by atoms with van der Waals surface area (Å²) in [6.07, 6.45) is 4.73. The van der Waals surface area contributed by atoms with Crippen LogP contribution in [0.5, 0.6) is 0 Å². The van der Waals surface area contributed by atoms with Gasteiger partial charge in [0.1, 0.15) is 0 Å². The molecule has 2 rings (SSSR count). The lowest BCUT2D eigenvalue weighted by molar-refractivity contribution is 0.461. The van der Waals surface area contributed by atoms with E-state index < -0.39 is 0 Å². The average molecular weight is 241 g/mol. The highest BCUT2D eigenvalue weighted by molar-refractivity contribution is 5.85. The predicted octanol–water partition coefficient (Wildman–Crippen LogP) is 2.95. The van der Waals surface area contributed by atoms with E-state index in [9.17, 15) is 0 Å². The number of hydrogen-bond donors (Lipinski definition) is 1. The van der Waals surface area contributed by atoms with Gasteiger partial charge >= 0.3 is 0 Å². The summed E-state index contributed by atoms with van der Waals surface area (Å²) in [7, 11) is 0. The highest BCUT2D eigenvalue weighted by atomic mass is 35.5. The van der Waals surface area contributed by atoms with Gasteiger partial charge in [-0.25, -0.2) is 0 Å². The second-order valence-corrected chi connectivity index (χ2v) is 4.69. The van der Waals surface area contributed by atoms with Gasteiger partial charge in [0.15, 0.2) is 0 Å². The molecular weight excluding hydrogens is 220 g/mol. The summed E-state index contributed by atoms with van der Waals surface area (Å²) in [5.74, 6) is 1.83. The normalized spacial score (nSPS) is 16.6. The molecule has 0 spiro atoms. The Hall–Kier alpha value is -0.600. The van der Waals surface area contributed by atoms with Crippen LogP contribution in [0, 0.1) is 18.8 Å². The van der Waals surface area contributed by atoms with Crippen molar-refractivity contribution in [2.75, 3.05) is 6.54 Å². The molecule has 3 heteroatoms. The van der Waals surface area contributed by atoms with E-state index in [0.717, 1.165) is 30.6 Å². The molecule has 0 aromatic carbocycles. The first-order valence-electron chi connectivity index (χ1n) is 5.88. The molecule has 1 aliphatic rings. The third-order valence-electron chi connectivity index (χ3n) is 3.32. The Labute approximate surface area is 104 Å². The molecule has 1 fully saturated rings. The zero-order valence-electron chi connectivity index (χ0n) is 10.1. The van der Waals surface area contributed by atoms with Crippen molar-refractivity contribution in [2.24, 2.45) is 11.8 Å². The Morgan fingerprint density at radius 3 is 2.88 bits per heavy atom. The highest BCUT2D eigenvalue weighted by Gasteiger charge is 2.27. The van der Waals surface area contributed by atoms with Gasteiger partial charge in [-0.15, -0.1) is 12.4 Å². The number of hydrogen-bond acceptors (Lipinski definition) is 2. The molecule has 0 saturated heterocycles. The van der Waals surface area contributed by atoms with Gasteiger partial charge in [-0.2, -0.15) is 0 Å². The second-order valence-electron chi connectivity index (χ2n) is 4.69. The summed E-state index contributed by atoms with van der Waals surface area (Å²) in [6.45, 7) is 6.51. The van der Waals surface area contributed by atoms with E-state index in [0.29, 0.717) is 0 Å². The first kappa shape index (κ1) is 13.5. The molecule has 1 aromatic rings. The minimum Gasteiger partial charge on any atom is -0.312 e. The first-order valence-corrected chi connectivity index (χ1v) is 5.88. The van der Waals surface area contributed by atoms with E-state index in [1.807, 2.05) is 12.3 Å². The number of pyridine rings is 1. The SMILES string of the molecule is Cc1ncccc1CNCC(C)C1CC1.Cl. The van der Waals surface area contributed by atoms with Gasteiger partial charge in [0, 0.05) is 18.4 Å². The average Bonchev–Trinajstić information content (AvgIpc) is 3.04. The molecule has 1 N–H and O–H groups in total.